The van der Waals surface area contributed by atoms with E-state index in [0.29, 0.717) is 26.9 Å². The van der Waals surface area contributed by atoms with E-state index >= 15 is 0 Å². The number of methoxy groups -OCH3 is 1. The van der Waals surface area contributed by atoms with Crippen LogP contribution in [0.5, 0.6) is 5.75 Å². The van der Waals surface area contributed by atoms with Crippen molar-refractivity contribution in [3.05, 3.63) is 66.6 Å². The van der Waals surface area contributed by atoms with Gasteiger partial charge in [0.2, 0.25) is 5.91 Å². The monoisotopic (exact) mass is 548 g/mol. The Hall–Kier alpha value is -3.22. The first-order valence-corrected chi connectivity index (χ1v) is 15.2. The molecular weight excluding hydrogens is 524 g/mol. The summed E-state index contributed by atoms with van der Waals surface area (Å²) in [5, 5.41) is 0.370. The molecule has 2 aromatic carbocycles. The van der Waals surface area contributed by atoms with Crippen LogP contribution in [0.25, 0.3) is 10.2 Å². The summed E-state index contributed by atoms with van der Waals surface area (Å²) in [6, 6.07) is 14.1. The van der Waals surface area contributed by atoms with E-state index in [1.54, 1.807) is 30.3 Å². The zero-order chi connectivity index (χ0) is 25.9. The summed E-state index contributed by atoms with van der Waals surface area (Å²) in [6.45, 7) is 0.107. The van der Waals surface area contributed by atoms with Crippen molar-refractivity contribution >= 4 is 52.3 Å². The van der Waals surface area contributed by atoms with E-state index < -0.39 is 19.7 Å². The Labute approximate surface area is 213 Å². The minimum Gasteiger partial charge on any atom is -0.497 e. The zero-order valence-corrected chi connectivity index (χ0v) is 22.0. The number of carbonyl (C=O) groups is 1. The molecule has 12 heteroatoms. The van der Waals surface area contributed by atoms with Crippen LogP contribution >= 0.6 is 11.3 Å². The van der Waals surface area contributed by atoms with Gasteiger partial charge in [0.05, 0.1) is 45.7 Å². The van der Waals surface area contributed by atoms with Crippen molar-refractivity contribution in [1.82, 2.24) is 4.98 Å². The van der Waals surface area contributed by atoms with Crippen molar-refractivity contribution in [1.29, 1.82) is 0 Å². The van der Waals surface area contributed by atoms with Gasteiger partial charge in [0.1, 0.15) is 11.5 Å². The van der Waals surface area contributed by atoms with Crippen LogP contribution in [0, 0.1) is 0 Å². The SMILES string of the molecule is COc1ccc(S(=O)(=O)CCCC(=O)N(Cc2ccco2)c2nc3ccc(S(C)(=O)=O)cc3s2)cc1. The lowest BCUT2D eigenvalue weighted by molar-refractivity contribution is -0.118. The van der Waals surface area contributed by atoms with Crippen LogP contribution in [0.15, 0.2) is 75.1 Å². The molecule has 4 aromatic rings. The van der Waals surface area contributed by atoms with Gasteiger partial charge >= 0.3 is 0 Å². The molecule has 0 aliphatic heterocycles. The number of amides is 1. The molecule has 0 N–H and O–H groups in total. The normalized spacial score (nSPS) is 12.1. The van der Waals surface area contributed by atoms with Crippen LogP contribution in [0.2, 0.25) is 0 Å². The highest BCUT2D eigenvalue weighted by Crippen LogP contribution is 2.32. The second-order valence-electron chi connectivity index (χ2n) is 8.06. The third kappa shape index (κ3) is 5.94. The van der Waals surface area contributed by atoms with Gasteiger partial charge in [-0.05, 0) is 61.0 Å². The van der Waals surface area contributed by atoms with Gasteiger partial charge in [0, 0.05) is 12.7 Å². The number of hydrogen-bond donors (Lipinski definition) is 0. The van der Waals surface area contributed by atoms with E-state index in [1.807, 2.05) is 0 Å². The average Bonchev–Trinajstić information content (AvgIpc) is 3.51. The minimum atomic E-state index is -3.58. The molecule has 0 fully saturated rings. The number of hydrogen-bond acceptors (Lipinski definition) is 9. The Morgan fingerprint density at radius 2 is 1.78 bits per heavy atom. The lowest BCUT2D eigenvalue weighted by Gasteiger charge is -2.18. The number of sulfone groups is 2. The Kier molecular flexibility index (Phi) is 7.48. The van der Waals surface area contributed by atoms with E-state index in [4.69, 9.17) is 9.15 Å². The highest BCUT2D eigenvalue weighted by molar-refractivity contribution is 7.91. The predicted molar refractivity (Wildman–Crippen MR) is 137 cm³/mol. The lowest BCUT2D eigenvalue weighted by atomic mass is 10.3. The zero-order valence-electron chi connectivity index (χ0n) is 19.6. The Bertz CT molecular complexity index is 1570. The van der Waals surface area contributed by atoms with Gasteiger partial charge in [-0.25, -0.2) is 21.8 Å². The Morgan fingerprint density at radius 3 is 2.42 bits per heavy atom. The average molecular weight is 549 g/mol. The second-order valence-corrected chi connectivity index (χ2v) is 13.2. The first-order chi connectivity index (χ1) is 17.1. The van der Waals surface area contributed by atoms with E-state index in [9.17, 15) is 21.6 Å². The number of thiazole rings is 1. The van der Waals surface area contributed by atoms with Crippen molar-refractivity contribution in [2.75, 3.05) is 24.0 Å². The third-order valence-corrected chi connectivity index (χ3v) is 9.39. The number of rotatable bonds is 10. The van der Waals surface area contributed by atoms with Gasteiger partial charge in [-0.15, -0.1) is 0 Å². The number of carbonyl (C=O) groups excluding carboxylic acids is 1. The summed E-state index contributed by atoms with van der Waals surface area (Å²) in [4.78, 5) is 19.5. The van der Waals surface area contributed by atoms with Gasteiger partial charge in [0.25, 0.3) is 0 Å². The molecule has 0 radical (unpaired) electrons. The summed E-state index contributed by atoms with van der Waals surface area (Å²) in [6.07, 6.45) is 2.71. The van der Waals surface area contributed by atoms with Crippen molar-refractivity contribution in [2.24, 2.45) is 0 Å². The number of benzene rings is 2. The molecule has 0 atom stereocenters. The fraction of sp³-hybridized carbons (Fsp3) is 0.250. The maximum Gasteiger partial charge on any atom is 0.229 e. The number of aromatic nitrogens is 1. The fourth-order valence-electron chi connectivity index (χ4n) is 3.51. The van der Waals surface area contributed by atoms with E-state index in [2.05, 4.69) is 4.98 Å². The standard InChI is InChI=1S/C24H24N2O7S3/c1-32-17-7-9-19(10-8-17)36(30,31)14-4-6-23(27)26(16-18-5-3-13-33-18)24-25-21-12-11-20(35(2,28)29)15-22(21)34-24/h3,5,7-13,15H,4,6,14,16H2,1-2H3. The molecule has 36 heavy (non-hydrogen) atoms. The van der Waals surface area contributed by atoms with Crippen LogP contribution < -0.4 is 9.64 Å². The summed E-state index contributed by atoms with van der Waals surface area (Å²) < 4.78 is 60.3. The molecule has 0 spiro atoms. The van der Waals surface area contributed by atoms with Crippen molar-refractivity contribution in [3.63, 3.8) is 0 Å². The molecular formula is C24H24N2O7S3. The Morgan fingerprint density at radius 1 is 1.06 bits per heavy atom. The van der Waals surface area contributed by atoms with E-state index in [-0.39, 0.29) is 40.8 Å². The molecule has 1 amide bonds. The van der Waals surface area contributed by atoms with Crippen molar-refractivity contribution in [3.8, 4) is 5.75 Å². The number of anilines is 1. The summed E-state index contributed by atoms with van der Waals surface area (Å²) in [5.41, 5.74) is 0.557. The quantitative estimate of drug-likeness (QED) is 0.290. The third-order valence-electron chi connectivity index (χ3n) is 5.43. The van der Waals surface area contributed by atoms with Crippen LogP contribution in [0.3, 0.4) is 0 Å². The van der Waals surface area contributed by atoms with E-state index in [0.717, 1.165) is 6.26 Å². The molecule has 2 aromatic heterocycles. The van der Waals surface area contributed by atoms with Gasteiger partial charge in [-0.1, -0.05) is 11.3 Å². The van der Waals surface area contributed by atoms with Crippen LogP contribution in [0.1, 0.15) is 18.6 Å². The van der Waals surface area contributed by atoms with E-state index in [1.165, 1.54) is 53.9 Å². The molecule has 0 aliphatic rings. The number of furan rings is 1. The predicted octanol–water partition coefficient (Wildman–Crippen LogP) is 4.09. The summed E-state index contributed by atoms with van der Waals surface area (Å²) in [5.74, 6) is 0.568. The molecule has 9 nitrogen and oxygen atoms in total. The molecule has 0 saturated heterocycles. The largest absolute Gasteiger partial charge is 0.497 e. The maximum atomic E-state index is 13.2. The topological polar surface area (TPSA) is 124 Å². The van der Waals surface area contributed by atoms with Crippen molar-refractivity contribution in [2.45, 2.75) is 29.2 Å². The molecule has 4 rings (SSSR count). The molecule has 190 valence electrons. The van der Waals surface area contributed by atoms with Gasteiger partial charge in [-0.2, -0.15) is 0 Å². The molecule has 0 bridgehead atoms. The minimum absolute atomic E-state index is 0.0272. The first-order valence-electron chi connectivity index (χ1n) is 10.9. The van der Waals surface area contributed by atoms with Gasteiger partial charge < -0.3 is 9.15 Å². The van der Waals surface area contributed by atoms with Crippen LogP contribution in [0.4, 0.5) is 5.13 Å². The molecule has 0 unspecified atom stereocenters. The van der Waals surface area contributed by atoms with Crippen molar-refractivity contribution < 1.29 is 30.8 Å². The molecule has 0 saturated carbocycles. The number of ether oxygens (including phenoxy) is 1. The second kappa shape index (κ2) is 10.4. The molecule has 0 aliphatic carbocycles. The Balaban J connectivity index is 1.53. The summed E-state index contributed by atoms with van der Waals surface area (Å²) in [7, 11) is -5.47. The van der Waals surface area contributed by atoms with Gasteiger partial charge in [0.15, 0.2) is 24.8 Å². The number of fused-ring (bicyclic) bond motifs is 1. The summed E-state index contributed by atoms with van der Waals surface area (Å²) >= 11 is 1.18. The smallest absolute Gasteiger partial charge is 0.229 e. The van der Waals surface area contributed by atoms with Crippen LogP contribution in [-0.4, -0.2) is 46.8 Å². The lowest BCUT2D eigenvalue weighted by Crippen LogP contribution is -2.30. The van der Waals surface area contributed by atoms with Crippen LogP contribution in [-0.2, 0) is 31.0 Å². The van der Waals surface area contributed by atoms with Gasteiger partial charge in [-0.3, -0.25) is 9.69 Å². The highest BCUT2D eigenvalue weighted by atomic mass is 32.2. The first kappa shape index (κ1) is 25.9. The number of nitrogens with zero attached hydrogens (tertiary/aromatic N) is 2. The molecule has 2 heterocycles. The highest BCUT2D eigenvalue weighted by Gasteiger charge is 2.23. The fourth-order valence-corrected chi connectivity index (χ4v) is 6.56. The maximum absolute atomic E-state index is 13.2.